The lowest BCUT2D eigenvalue weighted by atomic mass is 9.85. The summed E-state index contributed by atoms with van der Waals surface area (Å²) >= 11 is 6.24. The average molecular weight is 483 g/mol. The molecule has 0 radical (unpaired) electrons. The van der Waals surface area contributed by atoms with Gasteiger partial charge in [0.15, 0.2) is 6.10 Å². The van der Waals surface area contributed by atoms with Crippen LogP contribution in [0, 0.1) is 26.7 Å². The Balaban J connectivity index is 2.06. The lowest BCUT2D eigenvalue weighted by Gasteiger charge is -2.29. The molecular weight excluding hydrogens is 448 g/mol. The molecule has 2 aromatic heterocycles. The third kappa shape index (κ3) is 4.60. The third-order valence-electron chi connectivity index (χ3n) is 6.93. The Labute approximate surface area is 207 Å². The minimum absolute atomic E-state index is 0.433. The van der Waals surface area contributed by atoms with Gasteiger partial charge in [0.05, 0.1) is 12.7 Å². The minimum Gasteiger partial charge on any atom is -0.467 e. The number of hydrogen-bond acceptors (Lipinski definition) is 4. The molecule has 5 nitrogen and oxygen atoms in total. The zero-order valence-corrected chi connectivity index (χ0v) is 22.0. The summed E-state index contributed by atoms with van der Waals surface area (Å²) in [6.45, 7) is 13.1. The van der Waals surface area contributed by atoms with Gasteiger partial charge in [-0.25, -0.2) is 9.78 Å². The number of ether oxygens (including phenoxy) is 2. The maximum Gasteiger partial charge on any atom is 0.339 e. The fourth-order valence-electron chi connectivity index (χ4n) is 4.87. The van der Waals surface area contributed by atoms with Crippen LogP contribution in [0.4, 0.5) is 0 Å². The number of halogens is 1. The van der Waals surface area contributed by atoms with Crippen LogP contribution in [0.3, 0.4) is 0 Å². The van der Waals surface area contributed by atoms with Crippen LogP contribution in [0.1, 0.15) is 68.7 Å². The SMILES string of the molecule is COC(=O)[C@@H](OC(C)(C)C)c1c(C)nc2c(c(C)c(C)n2CC2CCC2)c1-c1ccc(Cl)cc1. The van der Waals surface area contributed by atoms with E-state index in [0.717, 1.165) is 40.0 Å². The van der Waals surface area contributed by atoms with Crippen molar-refractivity contribution in [3.8, 4) is 11.1 Å². The molecule has 4 rings (SSSR count). The highest BCUT2D eigenvalue weighted by molar-refractivity contribution is 6.30. The second-order valence-corrected chi connectivity index (χ2v) is 10.9. The number of carbonyl (C=O) groups excluding carboxylic acids is 1. The van der Waals surface area contributed by atoms with Crippen LogP contribution in [0.15, 0.2) is 24.3 Å². The average Bonchev–Trinajstić information content (AvgIpc) is 2.97. The van der Waals surface area contributed by atoms with Crippen molar-refractivity contribution in [1.82, 2.24) is 9.55 Å². The number of benzene rings is 1. The summed E-state index contributed by atoms with van der Waals surface area (Å²) < 4.78 is 13.9. The van der Waals surface area contributed by atoms with E-state index in [-0.39, 0.29) is 0 Å². The molecule has 0 N–H and O–H groups in total. The standard InChI is InChI=1S/C28H35ClN2O3/c1-16-18(3)31(15-19-9-8-10-19)26-22(16)24(20-11-13-21(29)14-12-20)23(17(2)30-26)25(27(32)33-7)34-28(4,5)6/h11-14,19,25H,8-10,15H2,1-7H3/t25-/m0/s1. The van der Waals surface area contributed by atoms with Gasteiger partial charge in [-0.1, -0.05) is 30.2 Å². The van der Waals surface area contributed by atoms with Crippen LogP contribution >= 0.6 is 11.6 Å². The van der Waals surface area contributed by atoms with E-state index in [1.165, 1.54) is 37.6 Å². The molecule has 0 bridgehead atoms. The van der Waals surface area contributed by atoms with Crippen molar-refractivity contribution in [1.29, 1.82) is 0 Å². The number of nitrogens with zero attached hydrogens (tertiary/aromatic N) is 2. The number of rotatable bonds is 6. The maximum absolute atomic E-state index is 13.1. The summed E-state index contributed by atoms with van der Waals surface area (Å²) in [5.41, 5.74) is 6.26. The number of fused-ring (bicyclic) bond motifs is 1. The van der Waals surface area contributed by atoms with E-state index in [1.54, 1.807) is 0 Å². The number of hydrogen-bond donors (Lipinski definition) is 0. The first-order valence-corrected chi connectivity index (χ1v) is 12.4. The third-order valence-corrected chi connectivity index (χ3v) is 7.18. The van der Waals surface area contributed by atoms with E-state index in [0.29, 0.717) is 10.9 Å². The van der Waals surface area contributed by atoms with Gasteiger partial charge in [-0.3, -0.25) is 0 Å². The van der Waals surface area contributed by atoms with Crippen LogP contribution in [0.2, 0.25) is 5.02 Å². The Bertz CT molecular complexity index is 1220. The van der Waals surface area contributed by atoms with E-state index >= 15 is 0 Å². The van der Waals surface area contributed by atoms with Gasteiger partial charge >= 0.3 is 5.97 Å². The Morgan fingerprint density at radius 1 is 1.18 bits per heavy atom. The van der Waals surface area contributed by atoms with Crippen molar-refractivity contribution in [2.45, 2.75) is 79.1 Å². The quantitative estimate of drug-likeness (QED) is 0.351. The summed E-state index contributed by atoms with van der Waals surface area (Å²) in [4.78, 5) is 18.2. The summed E-state index contributed by atoms with van der Waals surface area (Å²) in [7, 11) is 1.40. The maximum atomic E-state index is 13.1. The summed E-state index contributed by atoms with van der Waals surface area (Å²) in [6, 6.07) is 7.77. The first kappa shape index (κ1) is 24.7. The largest absolute Gasteiger partial charge is 0.467 e. The van der Waals surface area contributed by atoms with Gasteiger partial charge < -0.3 is 14.0 Å². The molecular formula is C28H35ClN2O3. The van der Waals surface area contributed by atoms with Gasteiger partial charge in [-0.15, -0.1) is 0 Å². The highest BCUT2D eigenvalue weighted by Crippen LogP contribution is 2.43. The number of carbonyl (C=O) groups is 1. The van der Waals surface area contributed by atoms with Crippen molar-refractivity contribution in [2.75, 3.05) is 7.11 Å². The topological polar surface area (TPSA) is 53.4 Å². The second-order valence-electron chi connectivity index (χ2n) is 10.4. The molecule has 3 aromatic rings. The molecule has 1 aromatic carbocycles. The smallest absolute Gasteiger partial charge is 0.339 e. The fraction of sp³-hybridized carbons (Fsp3) is 0.500. The Hall–Kier alpha value is -2.37. The van der Waals surface area contributed by atoms with Crippen molar-refractivity contribution >= 4 is 28.6 Å². The number of aryl methyl sites for hydroxylation is 2. The summed E-state index contributed by atoms with van der Waals surface area (Å²) in [6.07, 6.45) is 2.94. The molecule has 1 aliphatic rings. The number of esters is 1. The van der Waals surface area contributed by atoms with Crippen molar-refractivity contribution in [3.05, 3.63) is 51.8 Å². The molecule has 0 amide bonds. The molecule has 2 heterocycles. The normalized spacial score (nSPS) is 15.4. The Kier molecular flexibility index (Phi) is 6.80. The second kappa shape index (κ2) is 9.35. The zero-order chi connectivity index (χ0) is 24.8. The lowest BCUT2D eigenvalue weighted by molar-refractivity contribution is -0.164. The van der Waals surface area contributed by atoms with Crippen LogP contribution < -0.4 is 0 Å². The zero-order valence-electron chi connectivity index (χ0n) is 21.3. The monoisotopic (exact) mass is 482 g/mol. The van der Waals surface area contributed by atoms with E-state index in [2.05, 4.69) is 18.4 Å². The molecule has 6 heteroatoms. The molecule has 1 saturated carbocycles. The van der Waals surface area contributed by atoms with Gasteiger partial charge in [-0.2, -0.15) is 0 Å². The molecule has 34 heavy (non-hydrogen) atoms. The highest BCUT2D eigenvalue weighted by Gasteiger charge is 2.34. The number of methoxy groups -OCH3 is 1. The van der Waals surface area contributed by atoms with Crippen LogP contribution in [-0.2, 0) is 20.8 Å². The molecule has 182 valence electrons. The number of aromatic nitrogens is 2. The van der Waals surface area contributed by atoms with Gasteiger partial charge in [0.2, 0.25) is 0 Å². The van der Waals surface area contributed by atoms with E-state index in [4.69, 9.17) is 26.1 Å². The van der Waals surface area contributed by atoms with Gasteiger partial charge in [0.1, 0.15) is 5.65 Å². The molecule has 1 atom stereocenters. The predicted molar refractivity (Wildman–Crippen MR) is 137 cm³/mol. The van der Waals surface area contributed by atoms with Crippen LogP contribution in [0.25, 0.3) is 22.2 Å². The fourth-order valence-corrected chi connectivity index (χ4v) is 5.00. The molecule has 0 aliphatic heterocycles. The van der Waals surface area contributed by atoms with Crippen molar-refractivity contribution in [3.63, 3.8) is 0 Å². The van der Waals surface area contributed by atoms with Gasteiger partial charge in [0.25, 0.3) is 0 Å². The van der Waals surface area contributed by atoms with Crippen molar-refractivity contribution < 1.29 is 14.3 Å². The minimum atomic E-state index is -0.901. The van der Waals surface area contributed by atoms with E-state index in [1.807, 2.05) is 52.0 Å². The van der Waals surface area contributed by atoms with Crippen molar-refractivity contribution in [2.24, 2.45) is 5.92 Å². The molecule has 1 fully saturated rings. The predicted octanol–water partition coefficient (Wildman–Crippen LogP) is 7.11. The molecule has 0 unspecified atom stereocenters. The molecule has 0 spiro atoms. The number of pyridine rings is 1. The molecule has 1 aliphatic carbocycles. The summed E-state index contributed by atoms with van der Waals surface area (Å²) in [5, 5.41) is 1.73. The lowest BCUT2D eigenvalue weighted by Crippen LogP contribution is -2.29. The molecule has 0 saturated heterocycles. The van der Waals surface area contributed by atoms with E-state index in [9.17, 15) is 4.79 Å². The Morgan fingerprint density at radius 2 is 1.82 bits per heavy atom. The van der Waals surface area contributed by atoms with Crippen LogP contribution in [0.5, 0.6) is 0 Å². The summed E-state index contributed by atoms with van der Waals surface area (Å²) in [5.74, 6) is 0.263. The van der Waals surface area contributed by atoms with Gasteiger partial charge in [-0.05, 0) is 83.6 Å². The first-order valence-electron chi connectivity index (χ1n) is 12.0. The van der Waals surface area contributed by atoms with Gasteiger partial charge in [0, 0.05) is 39.5 Å². The Morgan fingerprint density at radius 3 is 2.35 bits per heavy atom. The highest BCUT2D eigenvalue weighted by atomic mass is 35.5. The van der Waals surface area contributed by atoms with Crippen LogP contribution in [-0.4, -0.2) is 28.2 Å². The first-order chi connectivity index (χ1) is 16.0. The van der Waals surface area contributed by atoms with E-state index < -0.39 is 17.7 Å².